The van der Waals surface area contributed by atoms with E-state index < -0.39 is 18.0 Å². The lowest BCUT2D eigenvalue weighted by molar-refractivity contribution is -0.140. The van der Waals surface area contributed by atoms with Gasteiger partial charge in [0, 0.05) is 6.54 Å². The first-order valence-corrected chi connectivity index (χ1v) is 7.27. The number of carboxylic acid groups (broad SMARTS) is 1. The fraction of sp³-hybridized carbons (Fsp3) is 0.500. The van der Waals surface area contributed by atoms with E-state index in [1.165, 1.54) is 11.1 Å². The molecule has 1 aromatic carbocycles. The van der Waals surface area contributed by atoms with Crippen LogP contribution in [0.3, 0.4) is 0 Å². The van der Waals surface area contributed by atoms with Gasteiger partial charge in [-0.1, -0.05) is 44.5 Å². The van der Waals surface area contributed by atoms with Gasteiger partial charge >= 0.3 is 12.0 Å². The number of urea groups is 1. The molecule has 3 N–H and O–H groups in total. The first-order valence-electron chi connectivity index (χ1n) is 7.27. The highest BCUT2D eigenvalue weighted by Crippen LogP contribution is 2.08. The Morgan fingerprint density at radius 1 is 1.29 bits per heavy atom. The molecule has 1 aromatic rings. The number of carboxylic acids is 1. The summed E-state index contributed by atoms with van der Waals surface area (Å²) < 4.78 is 0. The standard InChI is InChI=1S/C16H24N2O3/c1-4-11(2)14(15(19)20)18-16(21)17-10-9-13-8-6-5-7-12(13)3/h5-8,11,14H,4,9-10H2,1-3H3,(H,19,20)(H2,17,18,21)/t11-,14-/m0/s1. The molecule has 5 nitrogen and oxygen atoms in total. The summed E-state index contributed by atoms with van der Waals surface area (Å²) in [5, 5.41) is 14.3. The summed E-state index contributed by atoms with van der Waals surface area (Å²) >= 11 is 0. The van der Waals surface area contributed by atoms with E-state index in [0.717, 1.165) is 6.42 Å². The summed E-state index contributed by atoms with van der Waals surface area (Å²) in [7, 11) is 0. The highest BCUT2D eigenvalue weighted by Gasteiger charge is 2.24. The van der Waals surface area contributed by atoms with Gasteiger partial charge in [-0.25, -0.2) is 9.59 Å². The third kappa shape index (κ3) is 5.45. The van der Waals surface area contributed by atoms with Gasteiger partial charge in [0.05, 0.1) is 0 Å². The Bertz CT molecular complexity index is 488. The molecule has 0 radical (unpaired) electrons. The van der Waals surface area contributed by atoms with Crippen LogP contribution in [0.2, 0.25) is 0 Å². The second kappa shape index (κ2) is 8.29. The Morgan fingerprint density at radius 3 is 2.52 bits per heavy atom. The largest absolute Gasteiger partial charge is 0.480 e. The molecule has 1 rings (SSSR count). The number of aryl methyl sites for hydroxylation is 1. The molecule has 2 atom stereocenters. The van der Waals surface area contributed by atoms with Crippen LogP contribution < -0.4 is 10.6 Å². The molecule has 0 aromatic heterocycles. The van der Waals surface area contributed by atoms with E-state index in [0.29, 0.717) is 13.0 Å². The number of aliphatic carboxylic acids is 1. The molecule has 0 unspecified atom stereocenters. The minimum atomic E-state index is -1.00. The van der Waals surface area contributed by atoms with Crippen molar-refractivity contribution >= 4 is 12.0 Å². The number of hydrogen-bond donors (Lipinski definition) is 3. The second-order valence-electron chi connectivity index (χ2n) is 5.28. The highest BCUT2D eigenvalue weighted by molar-refractivity contribution is 5.82. The van der Waals surface area contributed by atoms with Crippen LogP contribution in [-0.2, 0) is 11.2 Å². The van der Waals surface area contributed by atoms with Crippen LogP contribution in [0.25, 0.3) is 0 Å². The van der Waals surface area contributed by atoms with E-state index in [9.17, 15) is 9.59 Å². The Kier molecular flexibility index (Phi) is 6.72. The molecule has 116 valence electrons. The van der Waals surface area contributed by atoms with E-state index in [4.69, 9.17) is 5.11 Å². The Labute approximate surface area is 125 Å². The number of hydrogen-bond acceptors (Lipinski definition) is 2. The highest BCUT2D eigenvalue weighted by atomic mass is 16.4. The summed E-state index contributed by atoms with van der Waals surface area (Å²) in [5.41, 5.74) is 2.36. The van der Waals surface area contributed by atoms with Crippen molar-refractivity contribution in [3.8, 4) is 0 Å². The van der Waals surface area contributed by atoms with Gasteiger partial charge in [0.1, 0.15) is 6.04 Å². The molecular weight excluding hydrogens is 268 g/mol. The topological polar surface area (TPSA) is 78.4 Å². The molecule has 0 spiro atoms. The molecule has 5 heteroatoms. The first-order chi connectivity index (χ1) is 9.95. The van der Waals surface area contributed by atoms with E-state index in [1.54, 1.807) is 0 Å². The number of rotatable bonds is 7. The lowest BCUT2D eigenvalue weighted by Crippen LogP contribution is -2.49. The van der Waals surface area contributed by atoms with Crippen molar-refractivity contribution in [2.45, 2.75) is 39.7 Å². The van der Waals surface area contributed by atoms with Gasteiger partial charge in [-0.3, -0.25) is 0 Å². The van der Waals surface area contributed by atoms with E-state index >= 15 is 0 Å². The molecule has 0 aliphatic rings. The van der Waals surface area contributed by atoms with Crippen LogP contribution in [-0.4, -0.2) is 29.7 Å². The minimum absolute atomic E-state index is 0.107. The first kappa shape index (κ1) is 17.0. The molecule has 0 saturated heterocycles. The summed E-state index contributed by atoms with van der Waals surface area (Å²) in [6.45, 7) is 6.22. The van der Waals surface area contributed by atoms with E-state index in [-0.39, 0.29) is 5.92 Å². The SMILES string of the molecule is CC[C@H](C)[C@H](NC(=O)NCCc1ccccc1C)C(=O)O. The van der Waals surface area contributed by atoms with Gasteiger partial charge in [-0.15, -0.1) is 0 Å². The average Bonchev–Trinajstić information content (AvgIpc) is 2.45. The van der Waals surface area contributed by atoms with Crippen molar-refractivity contribution in [2.24, 2.45) is 5.92 Å². The number of carbonyl (C=O) groups is 2. The quantitative estimate of drug-likeness (QED) is 0.721. The Hall–Kier alpha value is -2.04. The number of carbonyl (C=O) groups excluding carboxylic acids is 1. The maximum absolute atomic E-state index is 11.8. The van der Waals surface area contributed by atoms with Crippen molar-refractivity contribution in [1.29, 1.82) is 0 Å². The monoisotopic (exact) mass is 292 g/mol. The van der Waals surface area contributed by atoms with Gasteiger partial charge in [-0.2, -0.15) is 0 Å². The Balaban J connectivity index is 2.43. The maximum Gasteiger partial charge on any atom is 0.326 e. The summed E-state index contributed by atoms with van der Waals surface area (Å²) in [6, 6.07) is 6.70. The number of benzene rings is 1. The van der Waals surface area contributed by atoms with Crippen molar-refractivity contribution in [2.75, 3.05) is 6.54 Å². The summed E-state index contributed by atoms with van der Waals surface area (Å²) in [4.78, 5) is 22.9. The molecule has 0 fully saturated rings. The third-order valence-corrected chi connectivity index (χ3v) is 3.71. The summed E-state index contributed by atoms with van der Waals surface area (Å²) in [5.74, 6) is -1.11. The molecular formula is C16H24N2O3. The van der Waals surface area contributed by atoms with Gasteiger partial charge in [0.2, 0.25) is 0 Å². The number of amides is 2. The predicted octanol–water partition coefficient (Wildman–Crippen LogP) is 2.34. The lowest BCUT2D eigenvalue weighted by Gasteiger charge is -2.20. The van der Waals surface area contributed by atoms with Crippen LogP contribution in [0, 0.1) is 12.8 Å². The molecule has 0 aliphatic carbocycles. The molecule has 21 heavy (non-hydrogen) atoms. The zero-order valence-electron chi connectivity index (χ0n) is 12.8. The third-order valence-electron chi connectivity index (χ3n) is 3.71. The van der Waals surface area contributed by atoms with Crippen LogP contribution in [0.4, 0.5) is 4.79 Å². The fourth-order valence-corrected chi connectivity index (χ4v) is 2.08. The molecule has 0 heterocycles. The van der Waals surface area contributed by atoms with Gasteiger partial charge in [0.25, 0.3) is 0 Å². The van der Waals surface area contributed by atoms with E-state index in [2.05, 4.69) is 10.6 Å². The van der Waals surface area contributed by atoms with E-state index in [1.807, 2.05) is 45.0 Å². The molecule has 0 saturated carbocycles. The van der Waals surface area contributed by atoms with Crippen LogP contribution in [0.5, 0.6) is 0 Å². The number of nitrogens with one attached hydrogen (secondary N) is 2. The minimum Gasteiger partial charge on any atom is -0.480 e. The summed E-state index contributed by atoms with van der Waals surface area (Å²) in [6.07, 6.45) is 1.42. The zero-order valence-corrected chi connectivity index (χ0v) is 12.8. The van der Waals surface area contributed by atoms with Crippen molar-refractivity contribution < 1.29 is 14.7 Å². The van der Waals surface area contributed by atoms with Crippen LogP contribution in [0.1, 0.15) is 31.4 Å². The van der Waals surface area contributed by atoms with Crippen molar-refractivity contribution in [1.82, 2.24) is 10.6 Å². The fourth-order valence-electron chi connectivity index (χ4n) is 2.08. The van der Waals surface area contributed by atoms with Gasteiger partial charge in [0.15, 0.2) is 0 Å². The smallest absolute Gasteiger partial charge is 0.326 e. The van der Waals surface area contributed by atoms with Gasteiger partial charge < -0.3 is 15.7 Å². The van der Waals surface area contributed by atoms with Crippen LogP contribution >= 0.6 is 0 Å². The van der Waals surface area contributed by atoms with Crippen molar-refractivity contribution in [3.05, 3.63) is 35.4 Å². The second-order valence-corrected chi connectivity index (χ2v) is 5.28. The predicted molar refractivity (Wildman–Crippen MR) is 82.3 cm³/mol. The normalized spacial score (nSPS) is 13.3. The molecule has 0 bridgehead atoms. The van der Waals surface area contributed by atoms with Gasteiger partial charge in [-0.05, 0) is 30.4 Å². The Morgan fingerprint density at radius 2 is 1.95 bits per heavy atom. The lowest BCUT2D eigenvalue weighted by atomic mass is 9.99. The van der Waals surface area contributed by atoms with Crippen molar-refractivity contribution in [3.63, 3.8) is 0 Å². The average molecular weight is 292 g/mol. The molecule has 2 amide bonds. The maximum atomic E-state index is 11.8. The zero-order chi connectivity index (χ0) is 15.8. The van der Waals surface area contributed by atoms with Crippen LogP contribution in [0.15, 0.2) is 24.3 Å². The molecule has 0 aliphatic heterocycles.